The molecule has 0 aromatic carbocycles. The van der Waals surface area contributed by atoms with Gasteiger partial charge in [0.25, 0.3) is 0 Å². The highest BCUT2D eigenvalue weighted by molar-refractivity contribution is 5.74. The van der Waals surface area contributed by atoms with Crippen molar-refractivity contribution in [1.29, 1.82) is 0 Å². The van der Waals surface area contributed by atoms with Crippen LogP contribution < -0.4 is 21.3 Å². The Morgan fingerprint density at radius 3 is 2.10 bits per heavy atom. The molecule has 0 bridgehead atoms. The quantitative estimate of drug-likeness (QED) is 0.551. The Hall–Kier alpha value is -2.90. The molecule has 8 heteroatoms. The van der Waals surface area contributed by atoms with Gasteiger partial charge in [0.2, 0.25) is 0 Å². The summed E-state index contributed by atoms with van der Waals surface area (Å²) in [7, 11) is 0. The maximum absolute atomic E-state index is 12.3. The summed E-state index contributed by atoms with van der Waals surface area (Å²) in [5, 5.41) is 11.7. The second-order valence-corrected chi connectivity index (χ2v) is 9.28. The molecular weight excluding hydrogens is 384 g/mol. The first-order chi connectivity index (χ1) is 14.2. The van der Waals surface area contributed by atoms with Crippen LogP contribution in [-0.2, 0) is 13.1 Å². The van der Waals surface area contributed by atoms with Gasteiger partial charge in [0.15, 0.2) is 0 Å². The van der Waals surface area contributed by atoms with E-state index in [1.165, 1.54) is 0 Å². The van der Waals surface area contributed by atoms with Gasteiger partial charge in [0.05, 0.1) is 25.6 Å². The number of hydrogen-bond donors (Lipinski definition) is 4. The van der Waals surface area contributed by atoms with E-state index in [1.54, 1.807) is 24.7 Å². The fourth-order valence-electron chi connectivity index (χ4n) is 4.62. The van der Waals surface area contributed by atoms with Gasteiger partial charge in [-0.25, -0.2) is 9.59 Å². The number of carbonyl (C=O) groups excluding carboxylic acids is 2. The van der Waals surface area contributed by atoms with Crippen LogP contribution >= 0.6 is 0 Å². The zero-order valence-corrected chi connectivity index (χ0v) is 17.9. The van der Waals surface area contributed by atoms with Crippen molar-refractivity contribution >= 4 is 12.1 Å². The lowest BCUT2D eigenvalue weighted by atomic mass is 9.62. The van der Waals surface area contributed by atoms with E-state index in [4.69, 9.17) is 8.83 Å². The van der Waals surface area contributed by atoms with E-state index in [0.29, 0.717) is 31.2 Å². The highest BCUT2D eigenvalue weighted by Gasteiger charge is 2.41. The lowest BCUT2D eigenvalue weighted by Crippen LogP contribution is -2.52. The fraction of sp³-hybridized carbons (Fsp3) is 0.545. The summed E-state index contributed by atoms with van der Waals surface area (Å²) in [6, 6.07) is 6.82. The van der Waals surface area contributed by atoms with Crippen molar-refractivity contribution in [3.8, 4) is 0 Å². The van der Waals surface area contributed by atoms with Crippen molar-refractivity contribution in [3.05, 3.63) is 48.3 Å². The molecule has 30 heavy (non-hydrogen) atoms. The minimum atomic E-state index is -0.225. The summed E-state index contributed by atoms with van der Waals surface area (Å²) in [6.45, 7) is 7.81. The third-order valence-corrected chi connectivity index (χ3v) is 5.46. The summed E-state index contributed by atoms with van der Waals surface area (Å²) in [4.78, 5) is 24.5. The number of urea groups is 2. The molecule has 0 unspecified atom stereocenters. The van der Waals surface area contributed by atoms with E-state index in [0.717, 1.165) is 19.3 Å². The highest BCUT2D eigenvalue weighted by Crippen LogP contribution is 2.45. The number of carbonyl (C=O) groups is 2. The van der Waals surface area contributed by atoms with Crippen molar-refractivity contribution in [2.45, 2.75) is 59.2 Å². The van der Waals surface area contributed by atoms with Gasteiger partial charge >= 0.3 is 12.1 Å². The molecule has 1 fully saturated rings. The van der Waals surface area contributed by atoms with Crippen LogP contribution in [0.2, 0.25) is 0 Å². The Morgan fingerprint density at radius 1 is 0.933 bits per heavy atom. The third-order valence-electron chi connectivity index (χ3n) is 5.46. The van der Waals surface area contributed by atoms with Gasteiger partial charge in [-0.15, -0.1) is 0 Å². The predicted molar refractivity (Wildman–Crippen MR) is 113 cm³/mol. The molecule has 2 aromatic rings. The van der Waals surface area contributed by atoms with Crippen molar-refractivity contribution in [2.75, 3.05) is 6.54 Å². The number of amides is 4. The Balaban J connectivity index is 1.48. The Kier molecular flexibility index (Phi) is 6.74. The number of nitrogens with one attached hydrogen (secondary N) is 4. The van der Waals surface area contributed by atoms with E-state index in [1.807, 2.05) is 12.1 Å². The molecule has 4 amide bonds. The smallest absolute Gasteiger partial charge is 0.315 e. The minimum absolute atomic E-state index is 0.0309. The van der Waals surface area contributed by atoms with Gasteiger partial charge in [-0.1, -0.05) is 20.8 Å². The lowest BCUT2D eigenvalue weighted by molar-refractivity contribution is 0.0748. The molecule has 1 saturated carbocycles. The zero-order valence-electron chi connectivity index (χ0n) is 17.9. The fourth-order valence-corrected chi connectivity index (χ4v) is 4.62. The summed E-state index contributed by atoms with van der Waals surface area (Å²) in [5.74, 6) is 1.42. The summed E-state index contributed by atoms with van der Waals surface area (Å²) in [6.07, 6.45) is 5.81. The van der Waals surface area contributed by atoms with Crippen LogP contribution in [0.3, 0.4) is 0 Å². The predicted octanol–water partition coefficient (Wildman–Crippen LogP) is 3.76. The molecule has 3 rings (SSSR count). The molecule has 164 valence electrons. The van der Waals surface area contributed by atoms with Crippen molar-refractivity contribution in [1.82, 2.24) is 21.3 Å². The van der Waals surface area contributed by atoms with Crippen LogP contribution in [0.1, 0.15) is 51.6 Å². The molecule has 0 saturated heterocycles. The zero-order chi connectivity index (χ0) is 21.6. The summed E-state index contributed by atoms with van der Waals surface area (Å²) >= 11 is 0. The van der Waals surface area contributed by atoms with Crippen molar-refractivity contribution in [3.63, 3.8) is 0 Å². The van der Waals surface area contributed by atoms with Crippen LogP contribution in [0.5, 0.6) is 0 Å². The molecule has 0 aliphatic heterocycles. The van der Waals surface area contributed by atoms with Crippen LogP contribution in [-0.4, -0.2) is 24.6 Å². The molecule has 2 heterocycles. The molecule has 1 aliphatic rings. The Morgan fingerprint density at radius 2 is 1.53 bits per heavy atom. The molecule has 2 atom stereocenters. The SMILES string of the molecule is CC1(C)C[C@H](NC(=O)NCc2ccco2)C[C@@](C)(CNC(=O)NCc2ccco2)C1. The first kappa shape index (κ1) is 21.8. The van der Waals surface area contributed by atoms with E-state index in [9.17, 15) is 9.59 Å². The Bertz CT molecular complexity index is 816. The molecule has 2 aromatic heterocycles. The summed E-state index contributed by atoms with van der Waals surface area (Å²) in [5.41, 5.74) is -0.0684. The van der Waals surface area contributed by atoms with Gasteiger partial charge in [0, 0.05) is 12.6 Å². The average molecular weight is 417 g/mol. The van der Waals surface area contributed by atoms with E-state index < -0.39 is 0 Å². The molecule has 8 nitrogen and oxygen atoms in total. The van der Waals surface area contributed by atoms with E-state index in [2.05, 4.69) is 42.0 Å². The van der Waals surface area contributed by atoms with Gasteiger partial charge in [0.1, 0.15) is 11.5 Å². The molecule has 0 spiro atoms. The van der Waals surface area contributed by atoms with E-state index in [-0.39, 0.29) is 28.9 Å². The van der Waals surface area contributed by atoms with Crippen LogP contribution in [0.4, 0.5) is 9.59 Å². The second kappa shape index (κ2) is 9.28. The minimum Gasteiger partial charge on any atom is -0.467 e. The van der Waals surface area contributed by atoms with Gasteiger partial charge in [-0.3, -0.25) is 0 Å². The topological polar surface area (TPSA) is 109 Å². The second-order valence-electron chi connectivity index (χ2n) is 9.28. The molecule has 4 N–H and O–H groups in total. The maximum Gasteiger partial charge on any atom is 0.315 e. The lowest BCUT2D eigenvalue weighted by Gasteiger charge is -2.46. The van der Waals surface area contributed by atoms with E-state index >= 15 is 0 Å². The van der Waals surface area contributed by atoms with Crippen LogP contribution in [0.25, 0.3) is 0 Å². The van der Waals surface area contributed by atoms with Crippen LogP contribution in [0, 0.1) is 10.8 Å². The standard InChI is InChI=1S/C22H32N4O4/c1-21(2)10-16(26-20(28)24-13-18-7-5-9-30-18)11-22(3,14-21)15-25-19(27)23-12-17-6-4-8-29-17/h4-9,16H,10-15H2,1-3H3,(H2,23,25,27)(H2,24,26,28)/t16-,22+/m0/s1. The Labute approximate surface area is 177 Å². The monoisotopic (exact) mass is 416 g/mol. The maximum atomic E-state index is 12.3. The summed E-state index contributed by atoms with van der Waals surface area (Å²) < 4.78 is 10.5. The number of furan rings is 2. The molecule has 0 radical (unpaired) electrons. The largest absolute Gasteiger partial charge is 0.467 e. The van der Waals surface area contributed by atoms with Gasteiger partial charge < -0.3 is 30.1 Å². The molecule has 1 aliphatic carbocycles. The first-order valence-corrected chi connectivity index (χ1v) is 10.3. The first-order valence-electron chi connectivity index (χ1n) is 10.3. The van der Waals surface area contributed by atoms with Crippen molar-refractivity contribution < 1.29 is 18.4 Å². The highest BCUT2D eigenvalue weighted by atomic mass is 16.3. The van der Waals surface area contributed by atoms with Crippen molar-refractivity contribution in [2.24, 2.45) is 10.8 Å². The van der Waals surface area contributed by atoms with Gasteiger partial charge in [-0.2, -0.15) is 0 Å². The number of hydrogen-bond acceptors (Lipinski definition) is 4. The molecular formula is C22H32N4O4. The van der Waals surface area contributed by atoms with Crippen LogP contribution in [0.15, 0.2) is 45.6 Å². The average Bonchev–Trinajstić information content (AvgIpc) is 3.35. The third kappa shape index (κ3) is 6.57. The number of rotatable bonds is 7. The van der Waals surface area contributed by atoms with Gasteiger partial charge in [-0.05, 0) is 54.4 Å². The normalized spacial score (nSPS) is 22.8.